The molecule has 0 unspecified atom stereocenters. The predicted octanol–water partition coefficient (Wildman–Crippen LogP) is 4.51. The van der Waals surface area contributed by atoms with Crippen LogP contribution in [0.25, 0.3) is 0 Å². The molecule has 6 fully saturated rings. The van der Waals surface area contributed by atoms with Gasteiger partial charge in [0.25, 0.3) is 0 Å². The number of aliphatic hydroxyl groups is 3. The molecule has 6 nitrogen and oxygen atoms in total. The van der Waals surface area contributed by atoms with Gasteiger partial charge in [-0.05, 0) is 86.9 Å². The van der Waals surface area contributed by atoms with Crippen LogP contribution in [0.1, 0.15) is 92.9 Å². The summed E-state index contributed by atoms with van der Waals surface area (Å²) in [7, 11) is 0. The number of ether oxygens (including phenoxy) is 1. The van der Waals surface area contributed by atoms with Gasteiger partial charge in [-0.2, -0.15) is 0 Å². The smallest absolute Gasteiger partial charge is 0.310 e. The Morgan fingerprint density at radius 3 is 2.33 bits per heavy atom. The van der Waals surface area contributed by atoms with E-state index in [4.69, 9.17) is 4.74 Å². The second kappa shape index (κ2) is 6.97. The van der Waals surface area contributed by atoms with Crippen LogP contribution in [-0.2, 0) is 9.53 Å². The second-order valence-corrected chi connectivity index (χ2v) is 15.0. The first kappa shape index (κ1) is 25.3. The van der Waals surface area contributed by atoms with Gasteiger partial charge in [-0.3, -0.25) is 4.79 Å². The lowest BCUT2D eigenvalue weighted by Crippen LogP contribution is -2.77. The standard InChI is InChI=1S/C30H46O6/c1-17-9-12-28(23(32)33)14-13-25(4)18(22(28)27(17,6)34)7-8-20-26(25,5)11-10-19-24(2,3)30(35)21(31)15-29(19,20)16-36-30/h7,17,19-22,31,34-35H,8-16H2,1-6H3,(H,32,33)/t17-,19+,20+,21-,22-,25-,26+,27+,28+,29-,30+/m1/s1. The fraction of sp³-hybridized carbons (Fsp3) is 0.900. The Morgan fingerprint density at radius 1 is 1.00 bits per heavy atom. The van der Waals surface area contributed by atoms with Crippen LogP contribution < -0.4 is 0 Å². The number of hydrogen-bond donors (Lipinski definition) is 4. The highest BCUT2D eigenvalue weighted by Crippen LogP contribution is 2.78. The molecule has 0 radical (unpaired) electrons. The molecule has 0 aromatic rings. The third kappa shape index (κ3) is 2.48. The number of rotatable bonds is 1. The van der Waals surface area contributed by atoms with Crippen molar-refractivity contribution in [3.8, 4) is 0 Å². The summed E-state index contributed by atoms with van der Waals surface area (Å²) in [6.45, 7) is 13.3. The zero-order valence-electron chi connectivity index (χ0n) is 22.9. The van der Waals surface area contributed by atoms with Crippen molar-refractivity contribution in [3.05, 3.63) is 11.6 Å². The van der Waals surface area contributed by atoms with Crippen molar-refractivity contribution < 1.29 is 30.0 Å². The molecule has 2 saturated heterocycles. The van der Waals surface area contributed by atoms with Crippen LogP contribution in [0.15, 0.2) is 11.6 Å². The first-order valence-electron chi connectivity index (χ1n) is 14.3. The summed E-state index contributed by atoms with van der Waals surface area (Å²) in [5, 5.41) is 45.0. The lowest BCUT2D eigenvalue weighted by Gasteiger charge is -2.75. The van der Waals surface area contributed by atoms with Gasteiger partial charge in [0, 0.05) is 16.7 Å². The van der Waals surface area contributed by atoms with E-state index >= 15 is 0 Å². The van der Waals surface area contributed by atoms with Gasteiger partial charge in [-0.25, -0.2) is 0 Å². The molecule has 36 heavy (non-hydrogen) atoms. The Hall–Kier alpha value is -0.950. The highest BCUT2D eigenvalue weighted by molar-refractivity contribution is 5.77. The molecule has 11 atom stereocenters. The highest BCUT2D eigenvalue weighted by Gasteiger charge is 2.77. The molecule has 0 aromatic heterocycles. The van der Waals surface area contributed by atoms with Gasteiger partial charge in [-0.1, -0.05) is 46.3 Å². The molecular weight excluding hydrogens is 456 g/mol. The SMILES string of the molecule is C[C@@H]1CC[C@]2(C(=O)O)CC[C@]3(C)C(=CC[C@@H]4[C@@]56CO[C@@](O)([C@H](O)C5)C(C)(C)[C@@H]6CC[C@@]43C)[C@@H]2[C@@]1(C)O. The molecular formula is C30H46O6. The Balaban J connectivity index is 1.50. The van der Waals surface area contributed by atoms with Crippen molar-refractivity contribution in [2.75, 3.05) is 6.61 Å². The van der Waals surface area contributed by atoms with Gasteiger partial charge in [-0.15, -0.1) is 0 Å². The predicted molar refractivity (Wildman–Crippen MR) is 135 cm³/mol. The van der Waals surface area contributed by atoms with Gasteiger partial charge < -0.3 is 25.2 Å². The average molecular weight is 503 g/mol. The van der Waals surface area contributed by atoms with Gasteiger partial charge >= 0.3 is 5.97 Å². The van der Waals surface area contributed by atoms with E-state index in [-0.39, 0.29) is 39.9 Å². The molecule has 2 bridgehead atoms. The topological polar surface area (TPSA) is 107 Å². The number of aliphatic hydroxyl groups excluding tert-OH is 1. The highest BCUT2D eigenvalue weighted by atomic mass is 16.6. The fourth-order valence-electron chi connectivity index (χ4n) is 11.4. The number of carbonyl (C=O) groups is 1. The third-order valence-electron chi connectivity index (χ3n) is 13.9. The van der Waals surface area contributed by atoms with E-state index in [2.05, 4.69) is 40.7 Å². The molecule has 0 amide bonds. The molecule has 7 aliphatic rings. The molecule has 4 N–H and O–H groups in total. The van der Waals surface area contributed by atoms with E-state index < -0.39 is 34.3 Å². The van der Waals surface area contributed by atoms with Gasteiger partial charge in [0.15, 0.2) is 5.79 Å². The van der Waals surface area contributed by atoms with Crippen LogP contribution >= 0.6 is 0 Å². The zero-order valence-corrected chi connectivity index (χ0v) is 22.9. The van der Waals surface area contributed by atoms with Crippen LogP contribution in [0.5, 0.6) is 0 Å². The molecule has 2 aliphatic heterocycles. The van der Waals surface area contributed by atoms with Crippen molar-refractivity contribution in [1.29, 1.82) is 0 Å². The average Bonchev–Trinajstić information content (AvgIpc) is 2.78. The van der Waals surface area contributed by atoms with Crippen molar-refractivity contribution in [3.63, 3.8) is 0 Å². The maximum absolute atomic E-state index is 12.9. The zero-order chi connectivity index (χ0) is 26.3. The first-order chi connectivity index (χ1) is 16.5. The number of aliphatic carboxylic acids is 1. The van der Waals surface area contributed by atoms with Crippen molar-refractivity contribution in [2.24, 2.45) is 50.7 Å². The summed E-state index contributed by atoms with van der Waals surface area (Å²) in [5.41, 5.74) is -1.94. The minimum absolute atomic E-state index is 0.0387. The quantitative estimate of drug-likeness (QED) is 0.393. The summed E-state index contributed by atoms with van der Waals surface area (Å²) in [6, 6.07) is 0. The first-order valence-corrected chi connectivity index (χ1v) is 14.3. The minimum Gasteiger partial charge on any atom is -0.481 e. The van der Waals surface area contributed by atoms with Gasteiger partial charge in [0.1, 0.15) is 6.10 Å². The van der Waals surface area contributed by atoms with Crippen molar-refractivity contribution in [2.45, 2.75) is 110 Å². The Labute approximate surface area is 215 Å². The molecule has 4 saturated carbocycles. The normalized spacial score (nSPS) is 59.1. The maximum Gasteiger partial charge on any atom is 0.310 e. The van der Waals surface area contributed by atoms with Crippen LogP contribution in [-0.4, -0.2) is 50.5 Å². The molecule has 5 aliphatic carbocycles. The van der Waals surface area contributed by atoms with Gasteiger partial charge in [0.05, 0.1) is 17.6 Å². The van der Waals surface area contributed by atoms with Crippen LogP contribution in [0.4, 0.5) is 0 Å². The lowest BCUT2D eigenvalue weighted by molar-refractivity contribution is -0.426. The Kier molecular flexibility index (Phi) is 4.90. The Morgan fingerprint density at radius 2 is 1.69 bits per heavy atom. The fourth-order valence-corrected chi connectivity index (χ4v) is 11.4. The van der Waals surface area contributed by atoms with E-state index in [9.17, 15) is 25.2 Å². The number of carboxylic acid groups (broad SMARTS) is 1. The number of hydrogen-bond acceptors (Lipinski definition) is 5. The van der Waals surface area contributed by atoms with E-state index in [0.717, 1.165) is 32.1 Å². The molecule has 0 aromatic carbocycles. The van der Waals surface area contributed by atoms with Crippen molar-refractivity contribution >= 4 is 5.97 Å². The van der Waals surface area contributed by atoms with E-state index in [1.807, 2.05) is 6.92 Å². The second-order valence-electron chi connectivity index (χ2n) is 15.0. The summed E-state index contributed by atoms with van der Waals surface area (Å²) in [6.07, 6.45) is 7.46. The van der Waals surface area contributed by atoms with E-state index in [0.29, 0.717) is 25.9 Å². The van der Waals surface area contributed by atoms with Crippen LogP contribution in [0, 0.1) is 50.7 Å². The summed E-state index contributed by atoms with van der Waals surface area (Å²) >= 11 is 0. The summed E-state index contributed by atoms with van der Waals surface area (Å²) in [5.74, 6) is -2.09. The summed E-state index contributed by atoms with van der Waals surface area (Å²) in [4.78, 5) is 12.9. The minimum atomic E-state index is -1.50. The molecule has 202 valence electrons. The van der Waals surface area contributed by atoms with Crippen molar-refractivity contribution in [1.82, 2.24) is 0 Å². The lowest BCUT2D eigenvalue weighted by atomic mass is 9.32. The van der Waals surface area contributed by atoms with E-state index in [1.165, 1.54) is 5.57 Å². The van der Waals surface area contributed by atoms with E-state index in [1.54, 1.807) is 0 Å². The number of allylic oxidation sites excluding steroid dienone is 1. The van der Waals surface area contributed by atoms with Crippen LogP contribution in [0.3, 0.4) is 0 Å². The van der Waals surface area contributed by atoms with Crippen LogP contribution in [0.2, 0.25) is 0 Å². The maximum atomic E-state index is 12.9. The molecule has 6 heteroatoms. The largest absolute Gasteiger partial charge is 0.481 e. The Bertz CT molecular complexity index is 1030. The molecule has 7 rings (SSSR count). The van der Waals surface area contributed by atoms with Gasteiger partial charge in [0.2, 0.25) is 0 Å². The number of fused-ring (bicyclic) bond motifs is 7. The molecule has 2 heterocycles. The number of carboxylic acids is 1. The third-order valence-corrected chi connectivity index (χ3v) is 13.9. The molecule has 1 spiro atoms. The monoisotopic (exact) mass is 502 g/mol. The summed E-state index contributed by atoms with van der Waals surface area (Å²) < 4.78 is 6.16.